The molecule has 0 radical (unpaired) electrons. The van der Waals surface area contributed by atoms with Gasteiger partial charge in [0.25, 0.3) is 0 Å². The maximum Gasteiger partial charge on any atom is 0.229 e. The predicted octanol–water partition coefficient (Wildman–Crippen LogP) is 2.63. The van der Waals surface area contributed by atoms with Crippen molar-refractivity contribution >= 4 is 27.7 Å². The van der Waals surface area contributed by atoms with Gasteiger partial charge in [0.05, 0.1) is 35.4 Å². The van der Waals surface area contributed by atoms with Crippen molar-refractivity contribution in [2.24, 2.45) is 5.73 Å². The van der Waals surface area contributed by atoms with E-state index in [1.807, 2.05) is 24.3 Å². The summed E-state index contributed by atoms with van der Waals surface area (Å²) in [5.41, 5.74) is 7.79. The summed E-state index contributed by atoms with van der Waals surface area (Å²) in [5, 5.41) is 2.16. The number of methoxy groups -OCH3 is 1. The average molecular weight is 295 g/mol. The number of amides is 1. The third-order valence-corrected chi connectivity index (χ3v) is 4.86. The molecule has 1 aliphatic carbocycles. The lowest BCUT2D eigenvalue weighted by atomic mass is 9.66. The number of pyridine rings is 1. The standard InChI is InChI=1S/C17H17N3O2/c1-22-10-3-4-11-12-8-15(17(16(18)21)5-2-6-17)19-9-14(12)20-13(11)7-10/h3-4,7-9,20H,2,5-6H2,1H3,(H2,18,21). The molecule has 1 aromatic carbocycles. The zero-order valence-electron chi connectivity index (χ0n) is 12.3. The predicted molar refractivity (Wildman–Crippen MR) is 84.9 cm³/mol. The quantitative estimate of drug-likeness (QED) is 0.779. The number of hydrogen-bond acceptors (Lipinski definition) is 3. The van der Waals surface area contributed by atoms with E-state index in [4.69, 9.17) is 10.5 Å². The van der Waals surface area contributed by atoms with Crippen LogP contribution in [0.4, 0.5) is 0 Å². The Balaban J connectivity index is 1.93. The van der Waals surface area contributed by atoms with Crippen LogP contribution in [0.2, 0.25) is 0 Å². The Kier molecular flexibility index (Phi) is 2.66. The summed E-state index contributed by atoms with van der Waals surface area (Å²) in [5.74, 6) is 0.534. The number of H-pyrrole nitrogens is 1. The lowest BCUT2D eigenvalue weighted by molar-refractivity contribution is -0.126. The monoisotopic (exact) mass is 295 g/mol. The molecule has 0 unspecified atom stereocenters. The topological polar surface area (TPSA) is 81.0 Å². The van der Waals surface area contributed by atoms with Crippen molar-refractivity contribution < 1.29 is 9.53 Å². The van der Waals surface area contributed by atoms with E-state index in [1.54, 1.807) is 13.3 Å². The van der Waals surface area contributed by atoms with Crippen LogP contribution in [-0.2, 0) is 10.2 Å². The molecule has 1 fully saturated rings. The van der Waals surface area contributed by atoms with E-state index in [-0.39, 0.29) is 5.91 Å². The molecule has 22 heavy (non-hydrogen) atoms. The highest BCUT2D eigenvalue weighted by Crippen LogP contribution is 2.43. The number of aromatic amines is 1. The van der Waals surface area contributed by atoms with E-state index >= 15 is 0 Å². The lowest BCUT2D eigenvalue weighted by Crippen LogP contribution is -2.47. The minimum Gasteiger partial charge on any atom is -0.497 e. The molecule has 1 saturated carbocycles. The highest BCUT2D eigenvalue weighted by Gasteiger charge is 2.45. The number of benzene rings is 1. The number of rotatable bonds is 3. The van der Waals surface area contributed by atoms with E-state index in [1.165, 1.54) is 0 Å². The number of nitrogens with two attached hydrogens (primary N) is 1. The van der Waals surface area contributed by atoms with Crippen molar-refractivity contribution in [1.29, 1.82) is 0 Å². The summed E-state index contributed by atoms with van der Waals surface area (Å²) >= 11 is 0. The molecule has 5 heteroatoms. The van der Waals surface area contributed by atoms with Crippen molar-refractivity contribution in [3.8, 4) is 5.75 Å². The van der Waals surface area contributed by atoms with Gasteiger partial charge in [-0.05, 0) is 31.0 Å². The first-order valence-corrected chi connectivity index (χ1v) is 7.40. The van der Waals surface area contributed by atoms with Crippen LogP contribution in [0.5, 0.6) is 5.75 Å². The van der Waals surface area contributed by atoms with Gasteiger partial charge in [0.2, 0.25) is 5.91 Å². The summed E-state index contributed by atoms with van der Waals surface area (Å²) < 4.78 is 5.26. The van der Waals surface area contributed by atoms with Crippen LogP contribution in [-0.4, -0.2) is 23.0 Å². The Morgan fingerprint density at radius 2 is 2.09 bits per heavy atom. The number of carbonyl (C=O) groups is 1. The van der Waals surface area contributed by atoms with Crippen molar-refractivity contribution in [3.05, 3.63) is 36.2 Å². The second kappa shape index (κ2) is 4.47. The van der Waals surface area contributed by atoms with Crippen LogP contribution in [0, 0.1) is 0 Å². The number of ether oxygens (including phenoxy) is 1. The molecule has 0 bridgehead atoms. The Hall–Kier alpha value is -2.56. The molecular weight excluding hydrogens is 278 g/mol. The third kappa shape index (κ3) is 1.65. The van der Waals surface area contributed by atoms with E-state index in [0.29, 0.717) is 0 Å². The van der Waals surface area contributed by atoms with E-state index in [2.05, 4.69) is 9.97 Å². The molecule has 5 nitrogen and oxygen atoms in total. The van der Waals surface area contributed by atoms with Gasteiger partial charge in [-0.1, -0.05) is 6.42 Å². The highest BCUT2D eigenvalue weighted by atomic mass is 16.5. The summed E-state index contributed by atoms with van der Waals surface area (Å²) in [7, 11) is 1.65. The normalized spacial score (nSPS) is 16.6. The van der Waals surface area contributed by atoms with Gasteiger partial charge in [-0.25, -0.2) is 0 Å². The molecule has 0 atom stereocenters. The van der Waals surface area contributed by atoms with Crippen LogP contribution in [0.15, 0.2) is 30.5 Å². The maximum atomic E-state index is 11.9. The molecule has 2 aromatic heterocycles. The van der Waals surface area contributed by atoms with Gasteiger partial charge in [-0.2, -0.15) is 0 Å². The third-order valence-electron chi connectivity index (χ3n) is 4.86. The number of carbonyl (C=O) groups excluding carboxylic acids is 1. The molecule has 3 N–H and O–H groups in total. The van der Waals surface area contributed by atoms with Crippen molar-refractivity contribution in [2.45, 2.75) is 24.7 Å². The van der Waals surface area contributed by atoms with Gasteiger partial charge in [0.15, 0.2) is 0 Å². The second-order valence-corrected chi connectivity index (χ2v) is 5.95. The molecule has 112 valence electrons. The maximum absolute atomic E-state index is 11.9. The van der Waals surface area contributed by atoms with Crippen LogP contribution < -0.4 is 10.5 Å². The molecule has 0 spiro atoms. The second-order valence-electron chi connectivity index (χ2n) is 5.95. The first-order valence-electron chi connectivity index (χ1n) is 7.40. The minimum absolute atomic E-state index is 0.271. The fraction of sp³-hybridized carbons (Fsp3) is 0.294. The number of hydrogen-bond donors (Lipinski definition) is 2. The smallest absolute Gasteiger partial charge is 0.229 e. The highest BCUT2D eigenvalue weighted by molar-refractivity contribution is 6.07. The molecule has 2 heterocycles. The van der Waals surface area contributed by atoms with Crippen molar-refractivity contribution in [1.82, 2.24) is 9.97 Å². The van der Waals surface area contributed by atoms with Crippen LogP contribution in [0.3, 0.4) is 0 Å². The largest absolute Gasteiger partial charge is 0.497 e. The number of aromatic nitrogens is 2. The van der Waals surface area contributed by atoms with Crippen LogP contribution >= 0.6 is 0 Å². The Bertz CT molecular complexity index is 893. The van der Waals surface area contributed by atoms with Crippen LogP contribution in [0.25, 0.3) is 21.8 Å². The van der Waals surface area contributed by atoms with E-state index in [0.717, 1.165) is 52.5 Å². The van der Waals surface area contributed by atoms with Gasteiger partial charge >= 0.3 is 0 Å². The fourth-order valence-electron chi connectivity index (χ4n) is 3.33. The SMILES string of the molecule is COc1ccc2c(c1)[nH]c1cnc(C3(C(N)=O)CCC3)cc12. The van der Waals surface area contributed by atoms with Gasteiger partial charge < -0.3 is 15.5 Å². The minimum atomic E-state index is -0.579. The summed E-state index contributed by atoms with van der Waals surface area (Å²) in [6.45, 7) is 0. The summed E-state index contributed by atoms with van der Waals surface area (Å²) in [6.07, 6.45) is 4.39. The lowest BCUT2D eigenvalue weighted by Gasteiger charge is -2.38. The number of nitrogens with zero attached hydrogens (tertiary/aromatic N) is 1. The molecule has 1 amide bonds. The van der Waals surface area contributed by atoms with Crippen molar-refractivity contribution in [2.75, 3.05) is 7.11 Å². The molecule has 3 aromatic rings. The molecule has 0 aliphatic heterocycles. The summed E-state index contributed by atoms with van der Waals surface area (Å²) in [6, 6.07) is 7.92. The molecule has 0 saturated heterocycles. The first-order chi connectivity index (χ1) is 10.6. The Morgan fingerprint density at radius 1 is 1.27 bits per heavy atom. The van der Waals surface area contributed by atoms with Gasteiger partial charge in [-0.3, -0.25) is 9.78 Å². The molecule has 4 rings (SSSR count). The van der Waals surface area contributed by atoms with Crippen molar-refractivity contribution in [3.63, 3.8) is 0 Å². The van der Waals surface area contributed by atoms with Gasteiger partial charge in [-0.15, -0.1) is 0 Å². The zero-order valence-corrected chi connectivity index (χ0v) is 12.3. The number of primary amides is 1. The average Bonchev–Trinajstić information content (AvgIpc) is 2.82. The van der Waals surface area contributed by atoms with E-state index < -0.39 is 5.41 Å². The Morgan fingerprint density at radius 3 is 2.73 bits per heavy atom. The number of nitrogens with one attached hydrogen (secondary N) is 1. The van der Waals surface area contributed by atoms with E-state index in [9.17, 15) is 4.79 Å². The summed E-state index contributed by atoms with van der Waals surface area (Å²) in [4.78, 5) is 19.7. The molecule has 1 aliphatic rings. The van der Waals surface area contributed by atoms with Gasteiger partial charge in [0, 0.05) is 16.8 Å². The Labute approximate surface area is 127 Å². The number of fused-ring (bicyclic) bond motifs is 3. The first kappa shape index (κ1) is 13.1. The zero-order chi connectivity index (χ0) is 15.3. The van der Waals surface area contributed by atoms with Gasteiger partial charge in [0.1, 0.15) is 5.75 Å². The fourth-order valence-corrected chi connectivity index (χ4v) is 3.33. The van der Waals surface area contributed by atoms with Crippen LogP contribution in [0.1, 0.15) is 25.0 Å². The molecular formula is C17H17N3O2.